The summed E-state index contributed by atoms with van der Waals surface area (Å²) in [7, 11) is 0. The van der Waals surface area contributed by atoms with E-state index >= 15 is 0 Å². The molecule has 0 radical (unpaired) electrons. The highest BCUT2D eigenvalue weighted by atomic mass is 16.1. The van der Waals surface area contributed by atoms with Crippen molar-refractivity contribution in [1.29, 1.82) is 0 Å². The lowest BCUT2D eigenvalue weighted by molar-refractivity contribution is -0.115. The van der Waals surface area contributed by atoms with Crippen LogP contribution in [0.15, 0.2) is 24.3 Å². The van der Waals surface area contributed by atoms with Crippen LogP contribution in [0.25, 0.3) is 0 Å². The van der Waals surface area contributed by atoms with E-state index in [1.165, 1.54) is 18.5 Å². The van der Waals surface area contributed by atoms with E-state index in [0.717, 1.165) is 25.2 Å². The first kappa shape index (κ1) is 14.9. The lowest BCUT2D eigenvalue weighted by Crippen LogP contribution is -2.34. The van der Waals surface area contributed by atoms with Crippen LogP contribution >= 0.6 is 0 Å². The van der Waals surface area contributed by atoms with Gasteiger partial charge in [-0.2, -0.15) is 0 Å². The second-order valence-corrected chi connectivity index (χ2v) is 5.48. The summed E-state index contributed by atoms with van der Waals surface area (Å²) in [5, 5.41) is 6.16. The molecular formula is C16H25N3O. The van der Waals surface area contributed by atoms with E-state index in [1.807, 2.05) is 12.1 Å². The zero-order valence-electron chi connectivity index (χ0n) is 12.5. The lowest BCUT2D eigenvalue weighted by atomic mass is 10.2. The van der Waals surface area contributed by atoms with Gasteiger partial charge in [-0.05, 0) is 44.4 Å². The van der Waals surface area contributed by atoms with Crippen molar-refractivity contribution in [3.63, 3.8) is 0 Å². The monoisotopic (exact) mass is 275 g/mol. The molecule has 1 heterocycles. The van der Waals surface area contributed by atoms with Crippen LogP contribution in [0.1, 0.15) is 33.1 Å². The van der Waals surface area contributed by atoms with E-state index in [-0.39, 0.29) is 5.91 Å². The highest BCUT2D eigenvalue weighted by Crippen LogP contribution is 2.23. The minimum atomic E-state index is 0.0175. The number of nitrogens with zero attached hydrogens (tertiary/aromatic N) is 1. The van der Waals surface area contributed by atoms with Gasteiger partial charge in [-0.25, -0.2) is 0 Å². The lowest BCUT2D eigenvalue weighted by Gasteiger charge is -2.18. The maximum absolute atomic E-state index is 11.9. The van der Waals surface area contributed by atoms with Crippen LogP contribution in [0.3, 0.4) is 0 Å². The third-order valence-corrected chi connectivity index (χ3v) is 3.82. The minimum absolute atomic E-state index is 0.0175. The molecule has 1 aliphatic rings. The van der Waals surface area contributed by atoms with Crippen LogP contribution in [-0.2, 0) is 4.79 Å². The molecule has 1 aliphatic heterocycles. The Morgan fingerprint density at radius 3 is 2.80 bits per heavy atom. The Bertz CT molecular complexity index is 441. The fourth-order valence-electron chi connectivity index (χ4n) is 2.37. The first-order chi connectivity index (χ1) is 9.69. The molecule has 20 heavy (non-hydrogen) atoms. The summed E-state index contributed by atoms with van der Waals surface area (Å²) in [6, 6.07) is 8.49. The summed E-state index contributed by atoms with van der Waals surface area (Å²) in [6.45, 7) is 6.79. The smallest absolute Gasteiger partial charge is 0.238 e. The molecule has 0 aliphatic carbocycles. The van der Waals surface area contributed by atoms with Gasteiger partial charge in [0.05, 0.1) is 6.54 Å². The molecule has 4 heteroatoms. The molecule has 0 bridgehead atoms. The third kappa shape index (κ3) is 4.23. The quantitative estimate of drug-likeness (QED) is 0.839. The summed E-state index contributed by atoms with van der Waals surface area (Å²) in [5.74, 6) is 0.0175. The highest BCUT2D eigenvalue weighted by Gasteiger charge is 2.12. The number of anilines is 2. The zero-order valence-corrected chi connectivity index (χ0v) is 12.5. The number of hydrogen-bond donors (Lipinski definition) is 2. The Morgan fingerprint density at radius 1 is 1.35 bits per heavy atom. The Morgan fingerprint density at radius 2 is 2.10 bits per heavy atom. The predicted molar refractivity (Wildman–Crippen MR) is 84.3 cm³/mol. The van der Waals surface area contributed by atoms with Gasteiger partial charge in [-0.15, -0.1) is 0 Å². The van der Waals surface area contributed by atoms with Crippen molar-refractivity contribution in [3.05, 3.63) is 24.3 Å². The average molecular weight is 275 g/mol. The summed E-state index contributed by atoms with van der Waals surface area (Å²) in [5.41, 5.74) is 2.08. The number of hydrogen-bond acceptors (Lipinski definition) is 3. The summed E-state index contributed by atoms with van der Waals surface area (Å²) < 4.78 is 0. The van der Waals surface area contributed by atoms with Gasteiger partial charge in [0, 0.05) is 30.5 Å². The minimum Gasteiger partial charge on any atom is -0.371 e. The summed E-state index contributed by atoms with van der Waals surface area (Å²) in [6.07, 6.45) is 3.54. The van der Waals surface area contributed by atoms with E-state index in [2.05, 4.69) is 41.5 Å². The molecule has 1 fully saturated rings. The molecule has 0 spiro atoms. The van der Waals surface area contributed by atoms with E-state index in [4.69, 9.17) is 0 Å². The van der Waals surface area contributed by atoms with Crippen molar-refractivity contribution < 1.29 is 4.79 Å². The standard InChI is InChI=1S/C16H25N3O/c1-3-13(2)17-12-16(20)18-14-7-6-8-15(11-14)19-9-4-5-10-19/h6-8,11,13,17H,3-5,9-10,12H2,1-2H3,(H,18,20). The van der Waals surface area contributed by atoms with E-state index in [9.17, 15) is 4.79 Å². The molecule has 1 aromatic rings. The maximum atomic E-state index is 11.9. The molecule has 1 unspecified atom stereocenters. The molecule has 1 atom stereocenters. The van der Waals surface area contributed by atoms with Gasteiger partial charge in [-0.3, -0.25) is 4.79 Å². The normalized spacial score (nSPS) is 16.2. The molecule has 110 valence electrons. The predicted octanol–water partition coefficient (Wildman–Crippen LogP) is 2.61. The Labute approximate surface area is 121 Å². The summed E-state index contributed by atoms with van der Waals surface area (Å²) in [4.78, 5) is 14.2. The molecule has 1 saturated heterocycles. The Balaban J connectivity index is 1.89. The van der Waals surface area contributed by atoms with Gasteiger partial charge < -0.3 is 15.5 Å². The van der Waals surface area contributed by atoms with Gasteiger partial charge >= 0.3 is 0 Å². The molecule has 1 amide bonds. The van der Waals surface area contributed by atoms with Gasteiger partial charge in [0.15, 0.2) is 0 Å². The van der Waals surface area contributed by atoms with Crippen LogP contribution in [0.5, 0.6) is 0 Å². The number of carbonyl (C=O) groups is 1. The fraction of sp³-hybridized carbons (Fsp3) is 0.562. The van der Waals surface area contributed by atoms with Crippen molar-refractivity contribution in [2.75, 3.05) is 29.9 Å². The van der Waals surface area contributed by atoms with Crippen molar-refractivity contribution in [2.45, 2.75) is 39.2 Å². The van der Waals surface area contributed by atoms with Crippen LogP contribution in [0.2, 0.25) is 0 Å². The topological polar surface area (TPSA) is 44.4 Å². The maximum Gasteiger partial charge on any atom is 0.238 e. The number of nitrogens with one attached hydrogen (secondary N) is 2. The van der Waals surface area contributed by atoms with Crippen LogP contribution in [-0.4, -0.2) is 31.6 Å². The van der Waals surface area contributed by atoms with Crippen molar-refractivity contribution >= 4 is 17.3 Å². The van der Waals surface area contributed by atoms with E-state index in [1.54, 1.807) is 0 Å². The molecule has 0 aromatic heterocycles. The first-order valence-corrected chi connectivity index (χ1v) is 7.57. The van der Waals surface area contributed by atoms with Crippen LogP contribution in [0, 0.1) is 0 Å². The van der Waals surface area contributed by atoms with Gasteiger partial charge in [0.25, 0.3) is 0 Å². The molecule has 1 aromatic carbocycles. The summed E-state index contributed by atoms with van der Waals surface area (Å²) >= 11 is 0. The Hall–Kier alpha value is -1.55. The SMILES string of the molecule is CCC(C)NCC(=O)Nc1cccc(N2CCCC2)c1. The average Bonchev–Trinajstić information content (AvgIpc) is 2.99. The van der Waals surface area contributed by atoms with Crippen molar-refractivity contribution in [1.82, 2.24) is 5.32 Å². The van der Waals surface area contributed by atoms with Crippen LogP contribution in [0.4, 0.5) is 11.4 Å². The highest BCUT2D eigenvalue weighted by molar-refractivity contribution is 5.92. The molecule has 2 N–H and O–H groups in total. The number of carbonyl (C=O) groups excluding carboxylic acids is 1. The van der Waals surface area contributed by atoms with Crippen molar-refractivity contribution in [2.24, 2.45) is 0 Å². The molecule has 2 rings (SSSR count). The Kier molecular flexibility index (Phi) is 5.41. The third-order valence-electron chi connectivity index (χ3n) is 3.82. The molecular weight excluding hydrogens is 250 g/mol. The first-order valence-electron chi connectivity index (χ1n) is 7.57. The van der Waals surface area contributed by atoms with E-state index in [0.29, 0.717) is 12.6 Å². The van der Waals surface area contributed by atoms with Gasteiger partial charge in [0.1, 0.15) is 0 Å². The number of rotatable bonds is 6. The number of benzene rings is 1. The van der Waals surface area contributed by atoms with Crippen molar-refractivity contribution in [3.8, 4) is 0 Å². The van der Waals surface area contributed by atoms with Crippen LogP contribution < -0.4 is 15.5 Å². The fourth-order valence-corrected chi connectivity index (χ4v) is 2.37. The molecule has 4 nitrogen and oxygen atoms in total. The zero-order chi connectivity index (χ0) is 14.4. The largest absolute Gasteiger partial charge is 0.371 e. The molecule has 0 saturated carbocycles. The second kappa shape index (κ2) is 7.29. The number of amides is 1. The van der Waals surface area contributed by atoms with Gasteiger partial charge in [-0.1, -0.05) is 13.0 Å². The van der Waals surface area contributed by atoms with E-state index < -0.39 is 0 Å². The second-order valence-electron chi connectivity index (χ2n) is 5.48. The van der Waals surface area contributed by atoms with Gasteiger partial charge in [0.2, 0.25) is 5.91 Å².